The van der Waals surface area contributed by atoms with Gasteiger partial charge in [0.1, 0.15) is 0 Å². The van der Waals surface area contributed by atoms with Crippen LogP contribution in [0.15, 0.2) is 0 Å². The van der Waals surface area contributed by atoms with Gasteiger partial charge in [0.15, 0.2) is 0 Å². The Kier molecular flexibility index (Phi) is 5.41. The highest BCUT2D eigenvalue weighted by atomic mass is 17.5. The van der Waals surface area contributed by atoms with Crippen LogP contribution in [0.1, 0.15) is 34.1 Å². The van der Waals surface area contributed by atoms with Crippen LogP contribution in [0.5, 0.6) is 0 Å². The van der Waals surface area contributed by atoms with Crippen molar-refractivity contribution in [3.05, 3.63) is 0 Å². The molecule has 0 saturated heterocycles. The Hall–Kier alpha value is -0.810. The molecule has 0 aliphatic heterocycles. The first-order valence-corrected chi connectivity index (χ1v) is 4.15. The molecule has 0 aliphatic carbocycles. The van der Waals surface area contributed by atoms with Gasteiger partial charge in [-0.25, -0.2) is 9.68 Å². The van der Waals surface area contributed by atoms with Crippen molar-refractivity contribution in [3.8, 4) is 0 Å². The molecule has 0 spiro atoms. The first-order chi connectivity index (χ1) is 5.95. The van der Waals surface area contributed by atoms with E-state index in [0.717, 1.165) is 6.42 Å². The fraction of sp³-hybridized carbons (Fsp3) is 0.875. The van der Waals surface area contributed by atoms with Gasteiger partial charge in [-0.3, -0.25) is 0 Å². The molecule has 13 heavy (non-hydrogen) atoms. The van der Waals surface area contributed by atoms with Gasteiger partial charge in [0, 0.05) is 0 Å². The van der Waals surface area contributed by atoms with E-state index in [-0.39, 0.29) is 0 Å². The van der Waals surface area contributed by atoms with E-state index < -0.39 is 11.8 Å². The van der Waals surface area contributed by atoms with E-state index in [4.69, 9.17) is 0 Å². The van der Waals surface area contributed by atoms with E-state index in [1.165, 1.54) is 0 Å². The fourth-order valence-corrected chi connectivity index (χ4v) is 0.356. The van der Waals surface area contributed by atoms with E-state index in [1.807, 2.05) is 6.92 Å². The van der Waals surface area contributed by atoms with Gasteiger partial charge in [-0.1, -0.05) is 6.92 Å². The molecule has 5 heteroatoms. The molecule has 0 amide bonds. The maximum absolute atomic E-state index is 10.6. The van der Waals surface area contributed by atoms with Crippen LogP contribution in [0.3, 0.4) is 0 Å². The van der Waals surface area contributed by atoms with Crippen LogP contribution in [0.4, 0.5) is 4.79 Å². The van der Waals surface area contributed by atoms with Crippen molar-refractivity contribution in [2.75, 3.05) is 6.61 Å². The van der Waals surface area contributed by atoms with Crippen molar-refractivity contribution in [1.82, 2.24) is 0 Å². The summed E-state index contributed by atoms with van der Waals surface area (Å²) in [5.41, 5.74) is -0.523. The van der Waals surface area contributed by atoms with Crippen LogP contribution in [0.25, 0.3) is 0 Å². The number of hydrogen-bond acceptors (Lipinski definition) is 5. The summed E-state index contributed by atoms with van der Waals surface area (Å²) in [4.78, 5) is 19.4. The van der Waals surface area contributed by atoms with Crippen LogP contribution in [0.2, 0.25) is 0 Å². The van der Waals surface area contributed by atoms with E-state index in [2.05, 4.69) is 19.6 Å². The zero-order chi connectivity index (χ0) is 10.3. The number of carbonyl (C=O) groups is 1. The molecule has 0 atom stereocenters. The largest absolute Gasteiger partial charge is 0.542 e. The van der Waals surface area contributed by atoms with Crippen LogP contribution in [0, 0.1) is 0 Å². The summed E-state index contributed by atoms with van der Waals surface area (Å²) >= 11 is 0. The van der Waals surface area contributed by atoms with E-state index in [1.54, 1.807) is 20.8 Å². The lowest BCUT2D eigenvalue weighted by molar-refractivity contribution is -0.514. The van der Waals surface area contributed by atoms with Crippen molar-refractivity contribution in [2.24, 2.45) is 0 Å². The summed E-state index contributed by atoms with van der Waals surface area (Å²) < 4.78 is 4.54. The maximum Gasteiger partial charge on any atom is 0.542 e. The molecule has 0 bridgehead atoms. The molecule has 0 heterocycles. The standard InChI is InChI=1S/C8H16O5/c1-5-6-10-7(9)11-13-12-8(2,3)4/h5-6H2,1-4H3. The molecular weight excluding hydrogens is 176 g/mol. The van der Waals surface area contributed by atoms with Crippen LogP contribution in [-0.4, -0.2) is 18.4 Å². The van der Waals surface area contributed by atoms with Crippen molar-refractivity contribution in [3.63, 3.8) is 0 Å². The summed E-state index contributed by atoms with van der Waals surface area (Å²) in [6, 6.07) is 0. The summed E-state index contributed by atoms with van der Waals surface area (Å²) in [5.74, 6) is 0. The van der Waals surface area contributed by atoms with Gasteiger partial charge in [-0.05, 0) is 32.2 Å². The molecule has 0 radical (unpaired) electrons. The minimum atomic E-state index is -0.897. The molecule has 5 nitrogen and oxygen atoms in total. The Labute approximate surface area is 77.8 Å². The summed E-state index contributed by atoms with van der Waals surface area (Å²) in [6.45, 7) is 7.45. The molecule has 0 unspecified atom stereocenters. The van der Waals surface area contributed by atoms with Crippen molar-refractivity contribution < 1.29 is 24.3 Å². The van der Waals surface area contributed by atoms with E-state index in [9.17, 15) is 4.79 Å². The Morgan fingerprint density at radius 3 is 2.38 bits per heavy atom. The molecule has 0 fully saturated rings. The highest BCUT2D eigenvalue weighted by Crippen LogP contribution is 2.07. The van der Waals surface area contributed by atoms with Gasteiger partial charge < -0.3 is 4.74 Å². The highest BCUT2D eigenvalue weighted by molar-refractivity contribution is 5.58. The Bertz CT molecular complexity index is 149. The number of rotatable bonds is 4. The minimum absolute atomic E-state index is 0.303. The van der Waals surface area contributed by atoms with Gasteiger partial charge in [0.25, 0.3) is 0 Å². The number of carbonyl (C=O) groups excluding carboxylic acids is 1. The normalized spacial score (nSPS) is 11.1. The average Bonchev–Trinajstić information content (AvgIpc) is 1.98. The van der Waals surface area contributed by atoms with Gasteiger partial charge in [0.2, 0.25) is 0 Å². The lowest BCUT2D eigenvalue weighted by Crippen LogP contribution is -2.21. The van der Waals surface area contributed by atoms with Gasteiger partial charge in [-0.15, -0.1) is 0 Å². The third-order valence-corrected chi connectivity index (χ3v) is 0.810. The second-order valence-corrected chi connectivity index (χ2v) is 3.45. The van der Waals surface area contributed by atoms with Crippen LogP contribution in [-0.2, 0) is 19.6 Å². The van der Waals surface area contributed by atoms with E-state index in [0.29, 0.717) is 6.61 Å². The number of ether oxygens (including phenoxy) is 1. The Morgan fingerprint density at radius 1 is 1.31 bits per heavy atom. The Balaban J connectivity index is 3.37. The molecule has 0 aromatic rings. The molecule has 0 aromatic carbocycles. The summed E-state index contributed by atoms with van der Waals surface area (Å²) in [7, 11) is 0. The molecule has 0 rings (SSSR count). The first-order valence-electron chi connectivity index (χ1n) is 4.15. The molecular formula is C8H16O5. The second kappa shape index (κ2) is 5.77. The molecule has 0 saturated carbocycles. The smallest absolute Gasteiger partial charge is 0.432 e. The van der Waals surface area contributed by atoms with Gasteiger partial charge in [0.05, 0.1) is 12.2 Å². The predicted molar refractivity (Wildman–Crippen MR) is 44.6 cm³/mol. The Morgan fingerprint density at radius 2 is 1.92 bits per heavy atom. The minimum Gasteiger partial charge on any atom is -0.432 e. The maximum atomic E-state index is 10.6. The third-order valence-electron chi connectivity index (χ3n) is 0.810. The molecule has 0 N–H and O–H groups in total. The predicted octanol–water partition coefficient (Wildman–Crippen LogP) is 2.21. The highest BCUT2D eigenvalue weighted by Gasteiger charge is 2.14. The lowest BCUT2D eigenvalue weighted by Gasteiger charge is -2.14. The third kappa shape index (κ3) is 9.10. The molecule has 78 valence electrons. The average molecular weight is 192 g/mol. The SMILES string of the molecule is CCCOC(=O)OOOC(C)(C)C. The molecule has 0 aliphatic rings. The molecule has 0 aromatic heterocycles. The summed E-state index contributed by atoms with van der Waals surface area (Å²) in [5, 5.41) is 4.18. The first kappa shape index (κ1) is 12.2. The summed E-state index contributed by atoms with van der Waals surface area (Å²) in [6.07, 6.45) is -0.166. The van der Waals surface area contributed by atoms with Crippen molar-refractivity contribution in [2.45, 2.75) is 39.7 Å². The van der Waals surface area contributed by atoms with Crippen LogP contribution >= 0.6 is 0 Å². The van der Waals surface area contributed by atoms with Crippen LogP contribution < -0.4 is 0 Å². The fourth-order valence-electron chi connectivity index (χ4n) is 0.356. The van der Waals surface area contributed by atoms with E-state index >= 15 is 0 Å². The number of hydrogen-bond donors (Lipinski definition) is 0. The zero-order valence-corrected chi connectivity index (χ0v) is 8.46. The second-order valence-electron chi connectivity index (χ2n) is 3.45. The lowest BCUT2D eigenvalue weighted by atomic mass is 10.2. The zero-order valence-electron chi connectivity index (χ0n) is 8.46. The van der Waals surface area contributed by atoms with Crippen molar-refractivity contribution in [1.29, 1.82) is 0 Å². The quantitative estimate of drug-likeness (QED) is 0.388. The topological polar surface area (TPSA) is 54.0 Å². The van der Waals surface area contributed by atoms with Gasteiger partial charge in [-0.2, -0.15) is 4.89 Å². The monoisotopic (exact) mass is 192 g/mol. The van der Waals surface area contributed by atoms with Crippen molar-refractivity contribution >= 4 is 6.16 Å². The van der Waals surface area contributed by atoms with Gasteiger partial charge >= 0.3 is 6.16 Å².